The number of ether oxygens (including phenoxy) is 1. The molecule has 0 aliphatic carbocycles. The maximum atomic E-state index is 4.79. The second-order valence-corrected chi connectivity index (χ2v) is 1.69. The summed E-state index contributed by atoms with van der Waals surface area (Å²) in [6, 6.07) is 0. The highest BCUT2D eigenvalue weighted by molar-refractivity contribution is 9.06. The van der Waals surface area contributed by atoms with E-state index < -0.39 is 0 Å². The van der Waals surface area contributed by atoms with E-state index in [-0.39, 0.29) is 0 Å². The molecular formula is C3H5BrO2. The zero-order valence-electron chi connectivity index (χ0n) is 3.19. The van der Waals surface area contributed by atoms with Crippen LogP contribution in [0.2, 0.25) is 0 Å². The lowest BCUT2D eigenvalue weighted by Crippen LogP contribution is -1.90. The van der Waals surface area contributed by atoms with Crippen molar-refractivity contribution in [2.75, 3.05) is 13.2 Å². The molecule has 0 N–H and O–H groups in total. The molecule has 1 atom stereocenters. The quantitative estimate of drug-likeness (QED) is 0.545. The third-order valence-corrected chi connectivity index (χ3v) is 0.916. The number of rotatable bonds is 2. The highest BCUT2D eigenvalue weighted by atomic mass is 79.9. The van der Waals surface area contributed by atoms with E-state index in [4.69, 9.17) is 4.74 Å². The van der Waals surface area contributed by atoms with Gasteiger partial charge in [0.25, 0.3) is 0 Å². The zero-order chi connectivity index (χ0) is 4.41. The molecule has 0 radical (unpaired) electrons. The summed E-state index contributed by atoms with van der Waals surface area (Å²) >= 11 is 2.81. The summed E-state index contributed by atoms with van der Waals surface area (Å²) in [5.74, 6) is 0. The van der Waals surface area contributed by atoms with Crippen molar-refractivity contribution in [2.24, 2.45) is 0 Å². The van der Waals surface area contributed by atoms with E-state index in [1.807, 2.05) is 0 Å². The fraction of sp³-hybridized carbons (Fsp3) is 1.00. The second-order valence-electron chi connectivity index (χ2n) is 1.23. The van der Waals surface area contributed by atoms with Crippen LogP contribution in [0.5, 0.6) is 0 Å². The molecule has 1 rings (SSSR count). The standard InChI is InChI=1S/C3H5BrO2/c4-6-2-3-1-5-3/h3H,1-2H2. The first kappa shape index (κ1) is 4.56. The summed E-state index contributed by atoms with van der Waals surface area (Å²) in [5, 5.41) is 0. The van der Waals surface area contributed by atoms with E-state index in [2.05, 4.69) is 20.1 Å². The average molecular weight is 153 g/mol. The maximum absolute atomic E-state index is 4.79. The Bertz CT molecular complexity index is 44.1. The van der Waals surface area contributed by atoms with Crippen LogP contribution in [0, 0.1) is 0 Å². The molecule has 0 aromatic heterocycles. The van der Waals surface area contributed by atoms with E-state index in [0.29, 0.717) is 12.7 Å². The lowest BCUT2D eigenvalue weighted by atomic mass is 10.5. The highest BCUT2D eigenvalue weighted by Gasteiger charge is 2.21. The molecule has 2 nitrogen and oxygen atoms in total. The minimum Gasteiger partial charge on any atom is -0.371 e. The van der Waals surface area contributed by atoms with Gasteiger partial charge in [0, 0.05) is 0 Å². The van der Waals surface area contributed by atoms with Gasteiger partial charge in [-0.15, -0.1) is 0 Å². The molecule has 36 valence electrons. The van der Waals surface area contributed by atoms with E-state index in [1.54, 1.807) is 0 Å². The molecule has 3 heteroatoms. The molecule has 1 heterocycles. The zero-order valence-corrected chi connectivity index (χ0v) is 4.77. The Labute approximate surface area is 44.9 Å². The third-order valence-electron chi connectivity index (χ3n) is 0.651. The van der Waals surface area contributed by atoms with Gasteiger partial charge in [-0.2, -0.15) is 0 Å². The van der Waals surface area contributed by atoms with E-state index in [9.17, 15) is 0 Å². The van der Waals surface area contributed by atoms with Crippen molar-refractivity contribution < 1.29 is 8.57 Å². The number of halogens is 1. The maximum Gasteiger partial charge on any atom is 0.105 e. The number of hydrogen-bond acceptors (Lipinski definition) is 2. The summed E-state index contributed by atoms with van der Waals surface area (Å²) < 4.78 is 9.35. The van der Waals surface area contributed by atoms with E-state index >= 15 is 0 Å². The normalized spacial score (nSPS) is 30.5. The van der Waals surface area contributed by atoms with Gasteiger partial charge in [-0.3, -0.25) is 0 Å². The molecule has 1 saturated heterocycles. The van der Waals surface area contributed by atoms with Crippen LogP contribution in [-0.4, -0.2) is 19.3 Å². The van der Waals surface area contributed by atoms with Crippen LogP contribution in [0.3, 0.4) is 0 Å². The first-order valence-electron chi connectivity index (χ1n) is 1.78. The molecule has 1 unspecified atom stereocenters. The third kappa shape index (κ3) is 1.24. The van der Waals surface area contributed by atoms with Gasteiger partial charge >= 0.3 is 0 Å². The lowest BCUT2D eigenvalue weighted by molar-refractivity contribution is 0.307. The van der Waals surface area contributed by atoms with Gasteiger partial charge in [-0.25, -0.2) is 0 Å². The monoisotopic (exact) mass is 152 g/mol. The Kier molecular flexibility index (Phi) is 1.45. The van der Waals surface area contributed by atoms with Gasteiger partial charge in [-0.05, 0) is 0 Å². The topological polar surface area (TPSA) is 21.8 Å². The number of hydrogen-bond donors (Lipinski definition) is 0. The number of epoxide rings is 1. The Morgan fingerprint density at radius 2 is 2.67 bits per heavy atom. The minimum atomic E-state index is 0.379. The van der Waals surface area contributed by atoms with Crippen LogP contribution < -0.4 is 0 Å². The SMILES string of the molecule is BrOCC1CO1. The summed E-state index contributed by atoms with van der Waals surface area (Å²) in [5.41, 5.74) is 0. The van der Waals surface area contributed by atoms with Crippen LogP contribution in [0.15, 0.2) is 0 Å². The van der Waals surface area contributed by atoms with Crippen LogP contribution in [0.25, 0.3) is 0 Å². The van der Waals surface area contributed by atoms with Crippen LogP contribution >= 0.6 is 16.3 Å². The van der Waals surface area contributed by atoms with Gasteiger partial charge in [-0.1, -0.05) is 0 Å². The van der Waals surface area contributed by atoms with Gasteiger partial charge in [0.15, 0.2) is 0 Å². The Hall–Kier alpha value is 0.400. The molecule has 0 bridgehead atoms. The average Bonchev–Trinajstić information content (AvgIpc) is 2.21. The van der Waals surface area contributed by atoms with Gasteiger partial charge in [0.1, 0.15) is 6.10 Å². The molecule has 6 heavy (non-hydrogen) atoms. The molecule has 1 aliphatic rings. The van der Waals surface area contributed by atoms with Crippen molar-refractivity contribution in [3.8, 4) is 0 Å². The predicted molar refractivity (Wildman–Crippen MR) is 24.6 cm³/mol. The van der Waals surface area contributed by atoms with Crippen LogP contribution in [-0.2, 0) is 8.57 Å². The Morgan fingerprint density at radius 3 is 2.83 bits per heavy atom. The Balaban J connectivity index is 1.88. The minimum absolute atomic E-state index is 0.379. The molecule has 0 amide bonds. The molecule has 0 spiro atoms. The van der Waals surface area contributed by atoms with E-state index in [0.717, 1.165) is 6.61 Å². The Morgan fingerprint density at radius 1 is 2.00 bits per heavy atom. The van der Waals surface area contributed by atoms with Crippen molar-refractivity contribution in [3.05, 3.63) is 0 Å². The smallest absolute Gasteiger partial charge is 0.105 e. The molecule has 0 aromatic carbocycles. The first-order valence-corrected chi connectivity index (χ1v) is 2.43. The summed E-state index contributed by atoms with van der Waals surface area (Å²) in [6.07, 6.45) is 0.379. The van der Waals surface area contributed by atoms with Crippen molar-refractivity contribution >= 4 is 16.3 Å². The van der Waals surface area contributed by atoms with Gasteiger partial charge < -0.3 is 8.57 Å². The fourth-order valence-electron chi connectivity index (χ4n) is 0.235. The predicted octanol–water partition coefficient (Wildman–Crippen LogP) is 0.712. The van der Waals surface area contributed by atoms with Gasteiger partial charge in [0.05, 0.1) is 29.5 Å². The largest absolute Gasteiger partial charge is 0.371 e. The van der Waals surface area contributed by atoms with Gasteiger partial charge in [0.2, 0.25) is 0 Å². The summed E-state index contributed by atoms with van der Waals surface area (Å²) in [6.45, 7) is 1.55. The summed E-state index contributed by atoms with van der Waals surface area (Å²) in [4.78, 5) is 0. The molecule has 1 aliphatic heterocycles. The fourth-order valence-corrected chi connectivity index (χ4v) is 0.529. The molecular weight excluding hydrogens is 148 g/mol. The van der Waals surface area contributed by atoms with Crippen molar-refractivity contribution in [1.82, 2.24) is 0 Å². The molecule has 0 saturated carbocycles. The molecule has 0 aromatic rings. The van der Waals surface area contributed by atoms with Crippen molar-refractivity contribution in [3.63, 3.8) is 0 Å². The van der Waals surface area contributed by atoms with Crippen LogP contribution in [0.4, 0.5) is 0 Å². The second kappa shape index (κ2) is 1.91. The van der Waals surface area contributed by atoms with E-state index in [1.165, 1.54) is 0 Å². The van der Waals surface area contributed by atoms with Crippen LogP contribution in [0.1, 0.15) is 0 Å². The first-order chi connectivity index (χ1) is 2.93. The highest BCUT2D eigenvalue weighted by Crippen LogP contribution is 2.09. The molecule has 1 fully saturated rings. The van der Waals surface area contributed by atoms with Crippen molar-refractivity contribution in [2.45, 2.75) is 6.10 Å². The van der Waals surface area contributed by atoms with Crippen molar-refractivity contribution in [1.29, 1.82) is 0 Å². The summed E-state index contributed by atoms with van der Waals surface area (Å²) in [7, 11) is 0. The lowest BCUT2D eigenvalue weighted by Gasteiger charge is -1.81.